The number of nitrogens with one attached hydrogen (secondary N) is 1. The van der Waals surface area contributed by atoms with Gasteiger partial charge < -0.3 is 10.1 Å². The summed E-state index contributed by atoms with van der Waals surface area (Å²) in [6.45, 7) is 6.00. The second-order valence-corrected chi connectivity index (χ2v) is 6.28. The monoisotopic (exact) mass is 334 g/mol. The van der Waals surface area contributed by atoms with Crippen LogP contribution in [0.5, 0.6) is 0 Å². The Hall–Kier alpha value is -2.88. The van der Waals surface area contributed by atoms with E-state index < -0.39 is 0 Å². The summed E-state index contributed by atoms with van der Waals surface area (Å²) in [5.74, 6) is -0.511. The summed E-state index contributed by atoms with van der Waals surface area (Å²) in [4.78, 5) is 16.8. The Kier molecular flexibility index (Phi) is 4.70. The summed E-state index contributed by atoms with van der Waals surface area (Å²) in [5.41, 5.74) is 6.74. The summed E-state index contributed by atoms with van der Waals surface area (Å²) in [6, 6.07) is 12.2. The maximum atomic E-state index is 12.6. The van der Waals surface area contributed by atoms with Gasteiger partial charge in [0.25, 0.3) is 0 Å². The van der Waals surface area contributed by atoms with Crippen LogP contribution < -0.4 is 5.32 Å². The van der Waals surface area contributed by atoms with Gasteiger partial charge in [0.15, 0.2) is 0 Å². The van der Waals surface area contributed by atoms with Gasteiger partial charge in [-0.15, -0.1) is 0 Å². The SMILES string of the molecule is COC(=O)C1=C(C)NC(C)=C(c2cccnc2)C1c1cccc(C)c1. The molecule has 1 aliphatic rings. The van der Waals surface area contributed by atoms with Gasteiger partial charge in [-0.1, -0.05) is 35.9 Å². The highest BCUT2D eigenvalue weighted by molar-refractivity contribution is 5.97. The fourth-order valence-corrected chi connectivity index (χ4v) is 3.46. The van der Waals surface area contributed by atoms with Crippen LogP contribution in [-0.2, 0) is 9.53 Å². The van der Waals surface area contributed by atoms with E-state index in [0.717, 1.165) is 33.7 Å². The van der Waals surface area contributed by atoms with Crippen LogP contribution >= 0.6 is 0 Å². The number of benzene rings is 1. The minimum absolute atomic E-state index is 0.196. The maximum Gasteiger partial charge on any atom is 0.336 e. The van der Waals surface area contributed by atoms with Crippen molar-refractivity contribution in [2.75, 3.05) is 7.11 Å². The van der Waals surface area contributed by atoms with Crippen molar-refractivity contribution in [3.05, 3.63) is 82.4 Å². The van der Waals surface area contributed by atoms with Crippen molar-refractivity contribution in [3.63, 3.8) is 0 Å². The lowest BCUT2D eigenvalue weighted by molar-refractivity contribution is -0.136. The van der Waals surface area contributed by atoms with Gasteiger partial charge in [-0.3, -0.25) is 4.98 Å². The molecule has 0 bridgehead atoms. The van der Waals surface area contributed by atoms with Crippen LogP contribution in [0.3, 0.4) is 0 Å². The molecule has 0 spiro atoms. The molecule has 0 aliphatic carbocycles. The standard InChI is InChI=1S/C21H22N2O2/c1-13-7-5-8-16(11-13)20-18(17-9-6-10-22-12-17)14(2)23-15(3)19(20)21(24)25-4/h5-12,20,23H,1-4H3. The summed E-state index contributed by atoms with van der Waals surface area (Å²) >= 11 is 0. The number of carbonyl (C=O) groups excluding carboxylic acids is 1. The molecule has 3 rings (SSSR count). The van der Waals surface area contributed by atoms with Crippen molar-refractivity contribution in [1.82, 2.24) is 10.3 Å². The lowest BCUT2D eigenvalue weighted by Crippen LogP contribution is -2.28. The van der Waals surface area contributed by atoms with Crippen LogP contribution in [0.1, 0.15) is 36.5 Å². The minimum atomic E-state index is -0.314. The highest BCUT2D eigenvalue weighted by atomic mass is 16.5. The van der Waals surface area contributed by atoms with Crippen molar-refractivity contribution in [2.45, 2.75) is 26.7 Å². The molecule has 1 aliphatic heterocycles. The third-order valence-electron chi connectivity index (χ3n) is 4.51. The average Bonchev–Trinajstić information content (AvgIpc) is 2.61. The number of rotatable bonds is 3. The largest absolute Gasteiger partial charge is 0.466 e. The molecule has 1 aromatic heterocycles. The first-order valence-electron chi connectivity index (χ1n) is 8.26. The van der Waals surface area contributed by atoms with E-state index in [1.54, 1.807) is 6.20 Å². The maximum absolute atomic E-state index is 12.6. The number of hydrogen-bond donors (Lipinski definition) is 1. The molecule has 1 N–H and O–H groups in total. The van der Waals surface area contributed by atoms with Crippen LogP contribution in [0.4, 0.5) is 0 Å². The number of dihydropyridines is 1. The zero-order chi connectivity index (χ0) is 18.0. The Morgan fingerprint density at radius 3 is 2.56 bits per heavy atom. The van der Waals surface area contributed by atoms with Gasteiger partial charge in [0.1, 0.15) is 0 Å². The molecule has 0 radical (unpaired) electrons. The molecule has 0 fully saturated rings. The molecular formula is C21H22N2O2. The third-order valence-corrected chi connectivity index (χ3v) is 4.51. The Morgan fingerprint density at radius 1 is 1.12 bits per heavy atom. The van der Waals surface area contributed by atoms with Crippen LogP contribution in [-0.4, -0.2) is 18.1 Å². The van der Waals surface area contributed by atoms with Crippen LogP contribution in [0.25, 0.3) is 5.57 Å². The molecule has 1 atom stereocenters. The van der Waals surface area contributed by atoms with Gasteiger partial charge in [0, 0.05) is 29.7 Å². The molecule has 1 unspecified atom stereocenters. The number of esters is 1. The van der Waals surface area contributed by atoms with Crippen LogP contribution in [0.2, 0.25) is 0 Å². The normalized spacial score (nSPS) is 17.4. The van der Waals surface area contributed by atoms with E-state index in [4.69, 9.17) is 4.74 Å². The minimum Gasteiger partial charge on any atom is -0.466 e. The topological polar surface area (TPSA) is 51.2 Å². The number of carbonyl (C=O) groups is 1. The van der Waals surface area contributed by atoms with E-state index in [-0.39, 0.29) is 11.9 Å². The first-order chi connectivity index (χ1) is 12.0. The second-order valence-electron chi connectivity index (χ2n) is 6.28. The van der Waals surface area contributed by atoms with Crippen LogP contribution in [0, 0.1) is 6.92 Å². The van der Waals surface area contributed by atoms with E-state index in [0.29, 0.717) is 5.57 Å². The smallest absolute Gasteiger partial charge is 0.336 e. The molecule has 25 heavy (non-hydrogen) atoms. The van der Waals surface area contributed by atoms with Gasteiger partial charge in [-0.2, -0.15) is 0 Å². The van der Waals surface area contributed by atoms with Crippen molar-refractivity contribution in [2.24, 2.45) is 0 Å². The van der Waals surface area contributed by atoms with E-state index in [1.807, 2.05) is 38.2 Å². The molecule has 2 aromatic rings. The van der Waals surface area contributed by atoms with Crippen molar-refractivity contribution in [3.8, 4) is 0 Å². The fraction of sp³-hybridized carbons (Fsp3) is 0.238. The predicted molar refractivity (Wildman–Crippen MR) is 98.6 cm³/mol. The molecule has 4 nitrogen and oxygen atoms in total. The van der Waals surface area contributed by atoms with Crippen molar-refractivity contribution < 1.29 is 9.53 Å². The van der Waals surface area contributed by atoms with Gasteiger partial charge in [-0.05, 0) is 43.5 Å². The number of ether oxygens (including phenoxy) is 1. The van der Waals surface area contributed by atoms with Gasteiger partial charge in [0.05, 0.1) is 12.7 Å². The van der Waals surface area contributed by atoms with Gasteiger partial charge in [0.2, 0.25) is 0 Å². The molecule has 0 amide bonds. The van der Waals surface area contributed by atoms with Gasteiger partial charge >= 0.3 is 5.97 Å². The Bertz CT molecular complexity index is 866. The number of hydrogen-bond acceptors (Lipinski definition) is 4. The van der Waals surface area contributed by atoms with Crippen molar-refractivity contribution >= 4 is 11.5 Å². The van der Waals surface area contributed by atoms with Gasteiger partial charge in [-0.25, -0.2) is 4.79 Å². The first-order valence-corrected chi connectivity index (χ1v) is 8.26. The molecule has 4 heteroatoms. The number of nitrogens with zero attached hydrogens (tertiary/aromatic N) is 1. The summed E-state index contributed by atoms with van der Waals surface area (Å²) in [7, 11) is 1.42. The van der Waals surface area contributed by atoms with Crippen molar-refractivity contribution in [1.29, 1.82) is 0 Å². The highest BCUT2D eigenvalue weighted by Crippen LogP contribution is 2.43. The molecular weight excluding hydrogens is 312 g/mol. The quantitative estimate of drug-likeness (QED) is 0.864. The Morgan fingerprint density at radius 2 is 1.92 bits per heavy atom. The number of methoxy groups -OCH3 is 1. The lowest BCUT2D eigenvalue weighted by Gasteiger charge is -2.31. The molecule has 1 aromatic carbocycles. The summed E-state index contributed by atoms with van der Waals surface area (Å²) in [6.07, 6.45) is 3.58. The summed E-state index contributed by atoms with van der Waals surface area (Å²) < 4.78 is 5.09. The number of pyridine rings is 1. The molecule has 0 saturated carbocycles. The van der Waals surface area contributed by atoms with Crippen LogP contribution in [0.15, 0.2) is 65.8 Å². The fourth-order valence-electron chi connectivity index (χ4n) is 3.46. The van der Waals surface area contributed by atoms with E-state index >= 15 is 0 Å². The summed E-state index contributed by atoms with van der Waals surface area (Å²) in [5, 5.41) is 3.34. The zero-order valence-corrected chi connectivity index (χ0v) is 15.0. The molecule has 128 valence electrons. The van der Waals surface area contributed by atoms with E-state index in [2.05, 4.69) is 35.4 Å². The number of aromatic nitrogens is 1. The lowest BCUT2D eigenvalue weighted by atomic mass is 9.77. The highest BCUT2D eigenvalue weighted by Gasteiger charge is 2.34. The number of allylic oxidation sites excluding steroid dienone is 3. The Balaban J connectivity index is 2.25. The zero-order valence-electron chi connectivity index (χ0n) is 15.0. The average molecular weight is 334 g/mol. The molecule has 0 saturated heterocycles. The molecule has 2 heterocycles. The Labute approximate surface area is 148 Å². The first kappa shape index (κ1) is 17.0. The van der Waals surface area contributed by atoms with E-state index in [1.165, 1.54) is 7.11 Å². The second kappa shape index (κ2) is 6.93. The predicted octanol–water partition coefficient (Wildman–Crippen LogP) is 3.96. The number of aryl methyl sites for hydroxylation is 1. The van der Waals surface area contributed by atoms with E-state index in [9.17, 15) is 4.79 Å². The third kappa shape index (κ3) is 3.20.